The molecule has 0 aromatic rings. The van der Waals surface area contributed by atoms with Crippen molar-refractivity contribution in [1.29, 1.82) is 0 Å². The highest BCUT2D eigenvalue weighted by atomic mass is 14.8. The van der Waals surface area contributed by atoms with E-state index in [2.05, 4.69) is 11.7 Å². The third-order valence-corrected chi connectivity index (χ3v) is 1.33. The molecule has 0 aromatic heterocycles. The fourth-order valence-electron chi connectivity index (χ4n) is 0.569. The normalized spacial score (nSPS) is 22.7. The van der Waals surface area contributed by atoms with Gasteiger partial charge in [0.1, 0.15) is 0 Å². The first kappa shape index (κ1) is 3.85. The lowest BCUT2D eigenvalue weighted by molar-refractivity contribution is 0.422. The molecule has 6 heavy (non-hydrogen) atoms. The van der Waals surface area contributed by atoms with Gasteiger partial charge in [0.25, 0.3) is 0 Å². The van der Waals surface area contributed by atoms with Crippen molar-refractivity contribution < 1.29 is 0 Å². The van der Waals surface area contributed by atoms with Gasteiger partial charge in [0.15, 0.2) is 0 Å². The highest BCUT2D eigenvalue weighted by Gasteiger charge is 2.13. The van der Waals surface area contributed by atoms with Gasteiger partial charge in [-0.3, -0.25) is 4.99 Å². The zero-order valence-electron chi connectivity index (χ0n) is 3.85. The van der Waals surface area contributed by atoms with E-state index in [0.29, 0.717) is 6.04 Å². The molecule has 0 N–H and O–H groups in total. The van der Waals surface area contributed by atoms with E-state index in [0.717, 1.165) is 0 Å². The average molecular weight is 83.1 g/mol. The third-order valence-electron chi connectivity index (χ3n) is 1.33. The summed E-state index contributed by atoms with van der Waals surface area (Å²) in [6.07, 6.45) is 3.93. The van der Waals surface area contributed by atoms with E-state index in [1.54, 1.807) is 0 Å². The van der Waals surface area contributed by atoms with Crippen molar-refractivity contribution in [3.05, 3.63) is 0 Å². The Morgan fingerprint density at radius 3 is 2.17 bits per heavy atom. The average Bonchev–Trinajstić information content (AvgIpc) is 1.31. The van der Waals surface area contributed by atoms with Crippen LogP contribution in [0.2, 0.25) is 0 Å². The van der Waals surface area contributed by atoms with Crippen LogP contribution in [0.4, 0.5) is 0 Å². The predicted molar refractivity (Wildman–Crippen MR) is 27.2 cm³/mol. The van der Waals surface area contributed by atoms with Crippen LogP contribution in [0.5, 0.6) is 0 Å². The van der Waals surface area contributed by atoms with Gasteiger partial charge >= 0.3 is 0 Å². The molecule has 1 rings (SSSR count). The first-order chi connectivity index (χ1) is 2.93. The number of rotatable bonds is 1. The van der Waals surface area contributed by atoms with Crippen LogP contribution in [0.3, 0.4) is 0 Å². The van der Waals surface area contributed by atoms with Crippen LogP contribution in [-0.2, 0) is 0 Å². The lowest BCUT2D eigenvalue weighted by Crippen LogP contribution is -2.13. The Morgan fingerprint density at radius 2 is 2.17 bits per heavy atom. The molecule has 1 saturated carbocycles. The Balaban J connectivity index is 2.16. The summed E-state index contributed by atoms with van der Waals surface area (Å²) >= 11 is 0. The molecule has 0 atom stereocenters. The van der Waals surface area contributed by atoms with E-state index < -0.39 is 0 Å². The van der Waals surface area contributed by atoms with Crippen LogP contribution in [0, 0.1) is 0 Å². The van der Waals surface area contributed by atoms with Crippen molar-refractivity contribution >= 4 is 6.72 Å². The van der Waals surface area contributed by atoms with Crippen molar-refractivity contribution in [2.75, 3.05) is 0 Å². The minimum absolute atomic E-state index is 0.630. The molecule has 0 bridgehead atoms. The minimum Gasteiger partial charge on any atom is -0.298 e. The fraction of sp³-hybridized carbons (Fsp3) is 0.800. The summed E-state index contributed by atoms with van der Waals surface area (Å²) in [5.74, 6) is 0. The maximum Gasteiger partial charge on any atom is 0.0492 e. The summed E-state index contributed by atoms with van der Waals surface area (Å²) in [4.78, 5) is 3.84. The maximum atomic E-state index is 3.84. The Morgan fingerprint density at radius 1 is 1.50 bits per heavy atom. The van der Waals surface area contributed by atoms with Gasteiger partial charge in [0, 0.05) is 6.04 Å². The van der Waals surface area contributed by atoms with E-state index in [-0.39, 0.29) is 0 Å². The van der Waals surface area contributed by atoms with Crippen LogP contribution in [0.25, 0.3) is 0 Å². The highest BCUT2D eigenvalue weighted by molar-refractivity contribution is 5.24. The molecule has 1 nitrogen and oxygen atoms in total. The minimum atomic E-state index is 0.630. The number of aliphatic imine (C=N–C) groups is 1. The summed E-state index contributed by atoms with van der Waals surface area (Å²) in [6.45, 7) is 3.43. The van der Waals surface area contributed by atoms with Gasteiger partial charge in [0.05, 0.1) is 0 Å². The molecule has 0 saturated heterocycles. The van der Waals surface area contributed by atoms with Gasteiger partial charge in [-0.1, -0.05) is 0 Å². The monoisotopic (exact) mass is 83.1 g/mol. The topological polar surface area (TPSA) is 12.4 Å². The zero-order chi connectivity index (χ0) is 4.41. The summed E-state index contributed by atoms with van der Waals surface area (Å²) in [5.41, 5.74) is 0. The molecule has 0 spiro atoms. The molecule has 1 fully saturated rings. The Labute approximate surface area is 38.1 Å². The van der Waals surface area contributed by atoms with E-state index in [1.165, 1.54) is 19.3 Å². The molecule has 0 amide bonds. The highest BCUT2D eigenvalue weighted by Crippen LogP contribution is 2.20. The zero-order valence-corrected chi connectivity index (χ0v) is 3.85. The van der Waals surface area contributed by atoms with E-state index in [9.17, 15) is 0 Å². The molecular weight excluding hydrogens is 74.1 g/mol. The van der Waals surface area contributed by atoms with Crippen LogP contribution in [0.15, 0.2) is 4.99 Å². The Bertz CT molecular complexity index is 55.0. The number of nitrogens with zero attached hydrogens (tertiary/aromatic N) is 1. The van der Waals surface area contributed by atoms with Gasteiger partial charge in [-0.15, -0.1) is 0 Å². The summed E-state index contributed by atoms with van der Waals surface area (Å²) < 4.78 is 0. The molecule has 0 aliphatic heterocycles. The molecule has 0 aromatic carbocycles. The second-order valence-electron chi connectivity index (χ2n) is 1.77. The smallest absolute Gasteiger partial charge is 0.0492 e. The summed E-state index contributed by atoms with van der Waals surface area (Å²) in [6, 6.07) is 0.630. The molecule has 0 radical (unpaired) electrons. The van der Waals surface area contributed by atoms with Crippen LogP contribution in [0.1, 0.15) is 19.3 Å². The predicted octanol–water partition coefficient (Wildman–Crippen LogP) is 1.24. The largest absolute Gasteiger partial charge is 0.298 e. The molecule has 0 unspecified atom stereocenters. The second-order valence-corrected chi connectivity index (χ2v) is 1.77. The van der Waals surface area contributed by atoms with Crippen molar-refractivity contribution in [2.45, 2.75) is 25.3 Å². The summed E-state index contributed by atoms with van der Waals surface area (Å²) in [5, 5.41) is 0. The number of hydrogen-bond acceptors (Lipinski definition) is 1. The van der Waals surface area contributed by atoms with Crippen molar-refractivity contribution in [1.82, 2.24) is 0 Å². The summed E-state index contributed by atoms with van der Waals surface area (Å²) in [7, 11) is 0. The van der Waals surface area contributed by atoms with Gasteiger partial charge in [-0.25, -0.2) is 0 Å². The van der Waals surface area contributed by atoms with Gasteiger partial charge in [-0.2, -0.15) is 0 Å². The molecular formula is C5H9N. The van der Waals surface area contributed by atoms with E-state index >= 15 is 0 Å². The third kappa shape index (κ3) is 0.445. The van der Waals surface area contributed by atoms with Crippen molar-refractivity contribution in [3.8, 4) is 0 Å². The molecule has 1 heteroatoms. The van der Waals surface area contributed by atoms with Crippen LogP contribution in [-0.4, -0.2) is 12.8 Å². The second kappa shape index (κ2) is 1.41. The number of hydrogen-bond donors (Lipinski definition) is 0. The van der Waals surface area contributed by atoms with Gasteiger partial charge < -0.3 is 0 Å². The van der Waals surface area contributed by atoms with Crippen LogP contribution < -0.4 is 0 Å². The Kier molecular flexibility index (Phi) is 0.906. The molecule has 34 valence electrons. The van der Waals surface area contributed by atoms with Crippen LogP contribution >= 0.6 is 0 Å². The van der Waals surface area contributed by atoms with E-state index in [1.807, 2.05) is 0 Å². The van der Waals surface area contributed by atoms with Crippen molar-refractivity contribution in [3.63, 3.8) is 0 Å². The quantitative estimate of drug-likeness (QED) is 0.423. The first-order valence-corrected chi connectivity index (χ1v) is 2.39. The first-order valence-electron chi connectivity index (χ1n) is 2.39. The van der Waals surface area contributed by atoms with Crippen molar-refractivity contribution in [2.24, 2.45) is 4.99 Å². The Hall–Kier alpha value is -0.330. The fourth-order valence-corrected chi connectivity index (χ4v) is 0.569. The van der Waals surface area contributed by atoms with Gasteiger partial charge in [0.2, 0.25) is 0 Å². The van der Waals surface area contributed by atoms with E-state index in [4.69, 9.17) is 0 Å². The standard InChI is InChI=1S/C5H9N/c1-6-5-3-2-4-5/h5H,1-4H2. The lowest BCUT2D eigenvalue weighted by Gasteiger charge is -2.19. The van der Waals surface area contributed by atoms with Gasteiger partial charge in [-0.05, 0) is 26.0 Å². The SMILES string of the molecule is C=NC1CCC1. The lowest BCUT2D eigenvalue weighted by atomic mass is 9.94. The maximum absolute atomic E-state index is 3.84. The molecule has 0 heterocycles. The molecule has 1 aliphatic rings. The molecule has 1 aliphatic carbocycles.